The topological polar surface area (TPSA) is 51.2 Å². The maximum atomic E-state index is 11.6. The van der Waals surface area contributed by atoms with E-state index in [2.05, 4.69) is 30.0 Å². The molecule has 2 aliphatic heterocycles. The molecular weight excluding hydrogens is 366 g/mol. The highest BCUT2D eigenvalue weighted by Crippen LogP contribution is 2.51. The summed E-state index contributed by atoms with van der Waals surface area (Å²) in [6.07, 6.45) is 1.58. The van der Waals surface area contributed by atoms with Crippen molar-refractivity contribution in [2.75, 3.05) is 27.9 Å². The lowest BCUT2D eigenvalue weighted by Crippen LogP contribution is -2.49. The largest absolute Gasteiger partial charge is 0.497 e. The number of fused-ring (bicyclic) bond motifs is 7. The third kappa shape index (κ3) is 2.47. The lowest BCUT2D eigenvalue weighted by atomic mass is 9.77. The van der Waals surface area contributed by atoms with Crippen LogP contribution in [0.3, 0.4) is 0 Å². The first-order valence-electron chi connectivity index (χ1n) is 10.1. The lowest BCUT2D eigenvalue weighted by Gasteiger charge is -2.45. The van der Waals surface area contributed by atoms with E-state index < -0.39 is 6.10 Å². The highest BCUT2D eigenvalue weighted by molar-refractivity contribution is 6.12. The normalized spacial score (nSPS) is 23.8. The minimum absolute atomic E-state index is 0.218. The fourth-order valence-electron chi connectivity index (χ4n) is 5.36. The van der Waals surface area contributed by atoms with Crippen LogP contribution >= 0.6 is 0 Å². The Balaban J connectivity index is 1.93. The second kappa shape index (κ2) is 6.51. The summed E-state index contributed by atoms with van der Waals surface area (Å²) in [6.45, 7) is 4.04. The number of hydrogen-bond acceptors (Lipinski definition) is 5. The van der Waals surface area contributed by atoms with Crippen LogP contribution in [-0.4, -0.2) is 43.4 Å². The van der Waals surface area contributed by atoms with Crippen molar-refractivity contribution >= 4 is 21.5 Å². The van der Waals surface area contributed by atoms with Crippen LogP contribution in [0, 0.1) is 0 Å². The van der Waals surface area contributed by atoms with Crippen molar-refractivity contribution in [2.24, 2.45) is 0 Å². The van der Waals surface area contributed by atoms with Gasteiger partial charge in [0.05, 0.1) is 27.4 Å². The number of hydrogen-bond donors (Lipinski definition) is 1. The molecule has 2 atom stereocenters. The van der Waals surface area contributed by atoms with Gasteiger partial charge in [0.25, 0.3) is 0 Å². The molecule has 0 spiro atoms. The molecule has 0 bridgehead atoms. The van der Waals surface area contributed by atoms with Crippen molar-refractivity contribution in [2.45, 2.75) is 38.0 Å². The lowest BCUT2D eigenvalue weighted by molar-refractivity contribution is -0.0142. The molecule has 2 aliphatic rings. The smallest absolute Gasteiger partial charge is 0.161 e. The monoisotopic (exact) mass is 393 g/mol. The van der Waals surface area contributed by atoms with E-state index in [9.17, 15) is 5.11 Å². The molecule has 3 aromatic rings. The van der Waals surface area contributed by atoms with Crippen LogP contribution in [0.25, 0.3) is 21.5 Å². The zero-order valence-corrected chi connectivity index (χ0v) is 17.4. The summed E-state index contributed by atoms with van der Waals surface area (Å²) in [5.74, 6) is 2.20. The van der Waals surface area contributed by atoms with Gasteiger partial charge in [0.2, 0.25) is 0 Å². The molecule has 1 N–H and O–H groups in total. The number of methoxy groups -OCH3 is 3. The highest BCUT2D eigenvalue weighted by Gasteiger charge is 2.48. The zero-order chi connectivity index (χ0) is 20.3. The first-order chi connectivity index (χ1) is 14.0. The van der Waals surface area contributed by atoms with Gasteiger partial charge in [0, 0.05) is 12.1 Å². The van der Waals surface area contributed by atoms with Gasteiger partial charge in [0.1, 0.15) is 5.75 Å². The maximum Gasteiger partial charge on any atom is 0.161 e. The van der Waals surface area contributed by atoms with Crippen molar-refractivity contribution in [1.82, 2.24) is 4.90 Å². The highest BCUT2D eigenvalue weighted by atomic mass is 16.5. The molecule has 0 radical (unpaired) electrons. The average Bonchev–Trinajstić information content (AvgIpc) is 3.14. The molecule has 0 amide bonds. The van der Waals surface area contributed by atoms with Gasteiger partial charge in [0.15, 0.2) is 11.5 Å². The zero-order valence-electron chi connectivity index (χ0n) is 17.4. The summed E-state index contributed by atoms with van der Waals surface area (Å²) < 4.78 is 16.7. The molecule has 5 rings (SSSR count). The summed E-state index contributed by atoms with van der Waals surface area (Å²) >= 11 is 0. The van der Waals surface area contributed by atoms with Gasteiger partial charge in [-0.25, -0.2) is 0 Å². The van der Waals surface area contributed by atoms with Crippen LogP contribution in [0.4, 0.5) is 0 Å². The average molecular weight is 393 g/mol. The molecule has 1 saturated heterocycles. The van der Waals surface area contributed by atoms with Gasteiger partial charge in [-0.05, 0) is 83.2 Å². The number of benzene rings is 3. The number of rotatable bonds is 3. The third-order valence-corrected chi connectivity index (χ3v) is 7.03. The maximum absolute atomic E-state index is 11.6. The summed E-state index contributed by atoms with van der Waals surface area (Å²) in [5.41, 5.74) is 2.01. The number of nitrogens with zero attached hydrogens (tertiary/aromatic N) is 1. The fraction of sp³-hybridized carbons (Fsp3) is 0.417. The number of aliphatic hydroxyl groups excluding tert-OH is 1. The molecular formula is C24H27NO4. The van der Waals surface area contributed by atoms with E-state index in [0.29, 0.717) is 11.5 Å². The van der Waals surface area contributed by atoms with Crippen molar-refractivity contribution in [3.63, 3.8) is 0 Å². The second-order valence-electron chi connectivity index (χ2n) is 8.34. The molecule has 0 saturated carbocycles. The standard InChI is InChI=1S/C24H27NO4/c1-24-8-5-9-25(24)13-19-18-12-21(29-4)20(28-3)11-17(18)16-10-14(27-2)6-7-15(16)22(19)23(24)26/h6-7,10-12,23,26H,5,8-9,13H2,1-4H3/t23-,24-/m1/s1. The van der Waals surface area contributed by atoms with Crippen LogP contribution < -0.4 is 14.2 Å². The summed E-state index contributed by atoms with van der Waals surface area (Å²) in [6, 6.07) is 10.2. The molecule has 5 nitrogen and oxygen atoms in total. The fourth-order valence-corrected chi connectivity index (χ4v) is 5.36. The molecule has 0 aliphatic carbocycles. The molecule has 1 fully saturated rings. The Kier molecular flexibility index (Phi) is 4.16. The Labute approximate surface area is 170 Å². The predicted molar refractivity (Wildman–Crippen MR) is 114 cm³/mol. The van der Waals surface area contributed by atoms with Crippen LogP contribution in [0.1, 0.15) is 37.0 Å². The Bertz CT molecular complexity index is 1130. The van der Waals surface area contributed by atoms with E-state index in [1.165, 1.54) is 5.56 Å². The molecule has 2 heterocycles. The summed E-state index contributed by atoms with van der Waals surface area (Å²) in [5, 5.41) is 15.9. The first-order valence-corrected chi connectivity index (χ1v) is 10.1. The van der Waals surface area contributed by atoms with Crippen molar-refractivity contribution in [3.05, 3.63) is 41.5 Å². The molecule has 3 aromatic carbocycles. The van der Waals surface area contributed by atoms with E-state index in [1.807, 2.05) is 12.1 Å². The second-order valence-corrected chi connectivity index (χ2v) is 8.34. The molecule has 5 heteroatoms. The van der Waals surface area contributed by atoms with E-state index >= 15 is 0 Å². The third-order valence-electron chi connectivity index (χ3n) is 7.03. The van der Waals surface area contributed by atoms with E-state index in [1.54, 1.807) is 21.3 Å². The Morgan fingerprint density at radius 3 is 2.31 bits per heavy atom. The summed E-state index contributed by atoms with van der Waals surface area (Å²) in [7, 11) is 4.99. The number of aliphatic hydroxyl groups is 1. The Morgan fingerprint density at radius 1 is 0.931 bits per heavy atom. The van der Waals surface area contributed by atoms with E-state index in [-0.39, 0.29) is 5.54 Å². The van der Waals surface area contributed by atoms with Gasteiger partial charge in [-0.15, -0.1) is 0 Å². The quantitative estimate of drug-likeness (QED) is 0.668. The number of ether oxygens (including phenoxy) is 3. The van der Waals surface area contributed by atoms with Gasteiger partial charge in [-0.1, -0.05) is 6.07 Å². The minimum atomic E-state index is -0.540. The van der Waals surface area contributed by atoms with Crippen LogP contribution in [-0.2, 0) is 6.54 Å². The Hall–Kier alpha value is -2.50. The molecule has 29 heavy (non-hydrogen) atoms. The first kappa shape index (κ1) is 18.5. The van der Waals surface area contributed by atoms with Crippen LogP contribution in [0.15, 0.2) is 30.3 Å². The molecule has 152 valence electrons. The van der Waals surface area contributed by atoms with Crippen LogP contribution in [0.2, 0.25) is 0 Å². The van der Waals surface area contributed by atoms with E-state index in [4.69, 9.17) is 14.2 Å². The van der Waals surface area contributed by atoms with Crippen molar-refractivity contribution in [1.29, 1.82) is 0 Å². The summed E-state index contributed by atoms with van der Waals surface area (Å²) in [4.78, 5) is 2.44. The minimum Gasteiger partial charge on any atom is -0.497 e. The van der Waals surface area contributed by atoms with Crippen LogP contribution in [0.5, 0.6) is 17.2 Å². The molecule has 0 aromatic heterocycles. The van der Waals surface area contributed by atoms with Gasteiger partial charge < -0.3 is 19.3 Å². The van der Waals surface area contributed by atoms with E-state index in [0.717, 1.165) is 58.8 Å². The SMILES string of the molecule is COc1ccc2c3c(c4cc(OC)c(OC)cc4c2c1)CN1CCC[C@]1(C)[C@@H]3O. The predicted octanol–water partition coefficient (Wildman–Crippen LogP) is 4.42. The van der Waals surface area contributed by atoms with Gasteiger partial charge in [-0.2, -0.15) is 0 Å². The van der Waals surface area contributed by atoms with Crippen molar-refractivity contribution in [3.8, 4) is 17.2 Å². The van der Waals surface area contributed by atoms with Gasteiger partial charge >= 0.3 is 0 Å². The molecule has 0 unspecified atom stereocenters. The van der Waals surface area contributed by atoms with Crippen molar-refractivity contribution < 1.29 is 19.3 Å². The Morgan fingerprint density at radius 2 is 1.62 bits per heavy atom. The van der Waals surface area contributed by atoms with Gasteiger partial charge in [-0.3, -0.25) is 4.90 Å².